The van der Waals surface area contributed by atoms with Crippen LogP contribution in [0.5, 0.6) is 0 Å². The Morgan fingerprint density at radius 2 is 2.36 bits per heavy atom. The number of nitrogens with one attached hydrogen (secondary N) is 1. The second-order valence-corrected chi connectivity index (χ2v) is 3.03. The molecule has 0 aliphatic heterocycles. The van der Waals surface area contributed by atoms with Crippen molar-refractivity contribution in [2.24, 2.45) is 10.8 Å². The zero-order valence-corrected chi connectivity index (χ0v) is 8.48. The summed E-state index contributed by atoms with van der Waals surface area (Å²) in [5.74, 6) is 5.11. The number of nitrogens with zero attached hydrogens (tertiary/aromatic N) is 1. The summed E-state index contributed by atoms with van der Waals surface area (Å²) in [6.45, 7) is 2.35. The summed E-state index contributed by atoms with van der Waals surface area (Å²) >= 11 is 5.73. The number of rotatable bonds is 2. The molecule has 0 saturated heterocycles. The highest BCUT2D eigenvalue weighted by atomic mass is 35.5. The van der Waals surface area contributed by atoms with Crippen LogP contribution >= 0.6 is 11.6 Å². The number of aliphatic imine (C=N–C) groups is 1. The first-order valence-corrected chi connectivity index (χ1v) is 4.53. The van der Waals surface area contributed by atoms with E-state index in [1.54, 1.807) is 0 Å². The Balaban J connectivity index is 3.15. The predicted octanol–water partition coefficient (Wildman–Crippen LogP) is 1.71. The summed E-state index contributed by atoms with van der Waals surface area (Å²) in [5.41, 5.74) is 2.62. The number of nitrogens with two attached hydrogens (primary N) is 1. The fourth-order valence-corrected chi connectivity index (χ4v) is 1.22. The number of halogens is 2. The molecule has 3 nitrogen and oxygen atoms in total. The molecule has 0 amide bonds. The lowest BCUT2D eigenvalue weighted by molar-refractivity contribution is 0.624. The second-order valence-electron chi connectivity index (χ2n) is 2.59. The SMILES string of the molecule is CCN=C(NN)c1cc(Cl)ccc1F. The fourth-order valence-electron chi connectivity index (χ4n) is 1.05. The first-order chi connectivity index (χ1) is 6.69. The van der Waals surface area contributed by atoms with Gasteiger partial charge in [-0.2, -0.15) is 0 Å². The van der Waals surface area contributed by atoms with Gasteiger partial charge in [-0.15, -0.1) is 0 Å². The van der Waals surface area contributed by atoms with Crippen LogP contribution in [-0.4, -0.2) is 12.4 Å². The molecule has 0 aliphatic carbocycles. The molecule has 3 N–H and O–H groups in total. The van der Waals surface area contributed by atoms with Gasteiger partial charge in [-0.25, -0.2) is 10.2 Å². The lowest BCUT2D eigenvalue weighted by Gasteiger charge is -2.06. The van der Waals surface area contributed by atoms with Gasteiger partial charge in [0.2, 0.25) is 0 Å². The topological polar surface area (TPSA) is 50.4 Å². The third kappa shape index (κ3) is 2.43. The number of hydrogen-bond donors (Lipinski definition) is 2. The maximum Gasteiger partial charge on any atom is 0.145 e. The molecule has 5 heteroatoms. The summed E-state index contributed by atoms with van der Waals surface area (Å²) in [6, 6.07) is 4.23. The van der Waals surface area contributed by atoms with Gasteiger partial charge >= 0.3 is 0 Å². The largest absolute Gasteiger partial charge is 0.308 e. The summed E-state index contributed by atoms with van der Waals surface area (Å²) in [7, 11) is 0. The normalized spacial score (nSPS) is 11.6. The molecule has 14 heavy (non-hydrogen) atoms. The Kier molecular flexibility index (Phi) is 3.85. The lowest BCUT2D eigenvalue weighted by atomic mass is 10.2. The summed E-state index contributed by atoms with van der Waals surface area (Å²) in [4.78, 5) is 4.00. The van der Waals surface area contributed by atoms with Crippen molar-refractivity contribution in [3.8, 4) is 0 Å². The van der Waals surface area contributed by atoms with Gasteiger partial charge in [0.25, 0.3) is 0 Å². The number of hydrazine groups is 1. The van der Waals surface area contributed by atoms with Crippen LogP contribution in [0, 0.1) is 5.82 Å². The van der Waals surface area contributed by atoms with Crippen molar-refractivity contribution in [3.05, 3.63) is 34.6 Å². The molecule has 0 aromatic heterocycles. The van der Waals surface area contributed by atoms with E-state index in [0.717, 1.165) is 0 Å². The van der Waals surface area contributed by atoms with E-state index in [1.165, 1.54) is 18.2 Å². The van der Waals surface area contributed by atoms with E-state index in [4.69, 9.17) is 17.4 Å². The third-order valence-corrected chi connectivity index (χ3v) is 1.87. The third-order valence-electron chi connectivity index (χ3n) is 1.64. The van der Waals surface area contributed by atoms with Crippen LogP contribution in [0.2, 0.25) is 5.02 Å². The highest BCUT2D eigenvalue weighted by Crippen LogP contribution is 2.14. The van der Waals surface area contributed by atoms with E-state index >= 15 is 0 Å². The lowest BCUT2D eigenvalue weighted by Crippen LogP contribution is -2.32. The van der Waals surface area contributed by atoms with E-state index in [1.807, 2.05) is 6.92 Å². The van der Waals surface area contributed by atoms with Gasteiger partial charge in [0.1, 0.15) is 11.7 Å². The monoisotopic (exact) mass is 215 g/mol. The van der Waals surface area contributed by atoms with E-state index in [0.29, 0.717) is 17.4 Å². The first-order valence-electron chi connectivity index (χ1n) is 4.15. The molecular formula is C9H11ClFN3. The van der Waals surface area contributed by atoms with Crippen LogP contribution in [0.4, 0.5) is 4.39 Å². The highest BCUT2D eigenvalue weighted by Gasteiger charge is 2.08. The minimum Gasteiger partial charge on any atom is -0.308 e. The number of hydrogen-bond acceptors (Lipinski definition) is 2. The van der Waals surface area contributed by atoms with Crippen LogP contribution in [0.25, 0.3) is 0 Å². The van der Waals surface area contributed by atoms with Crippen LogP contribution in [-0.2, 0) is 0 Å². The second kappa shape index (κ2) is 4.93. The van der Waals surface area contributed by atoms with Crippen molar-refractivity contribution in [1.82, 2.24) is 5.43 Å². The van der Waals surface area contributed by atoms with Crippen molar-refractivity contribution in [2.75, 3.05) is 6.54 Å². The van der Waals surface area contributed by atoms with Crippen LogP contribution in [0.3, 0.4) is 0 Å². The zero-order chi connectivity index (χ0) is 10.6. The van der Waals surface area contributed by atoms with Gasteiger partial charge in [0.15, 0.2) is 0 Å². The minimum absolute atomic E-state index is 0.279. The average Bonchev–Trinajstić information content (AvgIpc) is 2.18. The van der Waals surface area contributed by atoms with Gasteiger partial charge in [0.05, 0.1) is 5.56 Å². The van der Waals surface area contributed by atoms with Gasteiger partial charge in [-0.05, 0) is 25.1 Å². The Morgan fingerprint density at radius 1 is 1.64 bits per heavy atom. The van der Waals surface area contributed by atoms with Crippen LogP contribution in [0.1, 0.15) is 12.5 Å². The van der Waals surface area contributed by atoms with Crippen molar-refractivity contribution in [3.63, 3.8) is 0 Å². The van der Waals surface area contributed by atoms with Gasteiger partial charge < -0.3 is 5.43 Å². The Morgan fingerprint density at radius 3 is 2.93 bits per heavy atom. The molecule has 0 fully saturated rings. The fraction of sp³-hybridized carbons (Fsp3) is 0.222. The summed E-state index contributed by atoms with van der Waals surface area (Å²) < 4.78 is 13.3. The molecule has 0 heterocycles. The standard InChI is InChI=1S/C9H11ClFN3/c1-2-13-9(14-12)7-5-6(10)3-4-8(7)11/h3-5H,2,12H2,1H3,(H,13,14). The molecule has 0 atom stereocenters. The highest BCUT2D eigenvalue weighted by molar-refractivity contribution is 6.31. The molecule has 1 aromatic rings. The first kappa shape index (κ1) is 10.9. The van der Waals surface area contributed by atoms with Crippen molar-refractivity contribution >= 4 is 17.4 Å². The molecule has 0 saturated carbocycles. The molecular weight excluding hydrogens is 205 g/mol. The molecule has 0 unspecified atom stereocenters. The van der Waals surface area contributed by atoms with Crippen LogP contribution in [0.15, 0.2) is 23.2 Å². The van der Waals surface area contributed by atoms with E-state index in [2.05, 4.69) is 10.4 Å². The Hall–Kier alpha value is -1.13. The van der Waals surface area contributed by atoms with E-state index in [-0.39, 0.29) is 5.56 Å². The summed E-state index contributed by atoms with van der Waals surface area (Å²) in [5, 5.41) is 0.445. The van der Waals surface area contributed by atoms with Gasteiger partial charge in [-0.1, -0.05) is 11.6 Å². The quantitative estimate of drug-likeness (QED) is 0.342. The summed E-state index contributed by atoms with van der Waals surface area (Å²) in [6.07, 6.45) is 0. The minimum atomic E-state index is -0.403. The molecule has 1 aromatic carbocycles. The molecule has 0 spiro atoms. The maximum atomic E-state index is 13.3. The van der Waals surface area contributed by atoms with E-state index < -0.39 is 5.82 Å². The molecule has 0 bridgehead atoms. The molecule has 1 rings (SSSR count). The maximum absolute atomic E-state index is 13.3. The van der Waals surface area contributed by atoms with Gasteiger partial charge in [-0.3, -0.25) is 4.99 Å². The molecule has 76 valence electrons. The predicted molar refractivity (Wildman–Crippen MR) is 55.8 cm³/mol. The van der Waals surface area contributed by atoms with Crippen molar-refractivity contribution < 1.29 is 4.39 Å². The zero-order valence-electron chi connectivity index (χ0n) is 7.72. The Bertz CT molecular complexity index is 352. The Labute approximate surface area is 86.8 Å². The number of benzene rings is 1. The van der Waals surface area contributed by atoms with E-state index in [9.17, 15) is 4.39 Å². The number of amidine groups is 1. The van der Waals surface area contributed by atoms with Crippen molar-refractivity contribution in [1.29, 1.82) is 0 Å². The molecule has 0 radical (unpaired) electrons. The van der Waals surface area contributed by atoms with Gasteiger partial charge in [0, 0.05) is 11.6 Å². The van der Waals surface area contributed by atoms with Crippen LogP contribution < -0.4 is 11.3 Å². The van der Waals surface area contributed by atoms with Crippen molar-refractivity contribution in [2.45, 2.75) is 6.92 Å². The smallest absolute Gasteiger partial charge is 0.145 e. The average molecular weight is 216 g/mol. The molecule has 0 aliphatic rings.